The summed E-state index contributed by atoms with van der Waals surface area (Å²) in [5.41, 5.74) is 0. The normalized spacial score (nSPS) is 37.3. The van der Waals surface area contributed by atoms with Crippen LogP contribution in [0.3, 0.4) is 0 Å². The number of carbonyl (C=O) groups is 1. The molecule has 0 saturated carbocycles. The van der Waals surface area contributed by atoms with Crippen molar-refractivity contribution in [3.63, 3.8) is 0 Å². The van der Waals surface area contributed by atoms with Gasteiger partial charge < -0.3 is 60.2 Å². The molecule has 2 aliphatic rings. The first kappa shape index (κ1) is 36.2. The van der Waals surface area contributed by atoms with Crippen LogP contribution in [0.15, 0.2) is 0 Å². The number of aliphatic carboxylic acids is 1. The van der Waals surface area contributed by atoms with Crippen LogP contribution < -0.4 is 0 Å². The van der Waals surface area contributed by atoms with Gasteiger partial charge in [-0.3, -0.25) is 8.98 Å². The molecule has 13 unspecified atom stereocenters. The Morgan fingerprint density at radius 1 is 0.897 bits per heavy atom. The average Bonchev–Trinajstić information content (AvgIpc) is 2.92. The lowest BCUT2D eigenvalue weighted by Gasteiger charge is -2.45. The van der Waals surface area contributed by atoms with Crippen LogP contribution in [-0.2, 0) is 32.6 Å². The van der Waals surface area contributed by atoms with E-state index in [0.717, 1.165) is 0 Å². The molecule has 17 nitrogen and oxygen atoms in total. The Kier molecular flexibility index (Phi) is 16.6. The van der Waals surface area contributed by atoms with Gasteiger partial charge in [0.1, 0.15) is 42.7 Å². The molecule has 13 atom stereocenters. The lowest BCUT2D eigenvalue weighted by atomic mass is 9.92. The van der Waals surface area contributed by atoms with Gasteiger partial charge in [-0.25, -0.2) is 5.26 Å². The highest BCUT2D eigenvalue weighted by molar-refractivity contribution is 7.89. The summed E-state index contributed by atoms with van der Waals surface area (Å²) in [7, 11) is 0. The average molecular weight is 597 g/mol. The third-order valence-electron chi connectivity index (χ3n) is 6.37. The first-order valence-electron chi connectivity index (χ1n) is 12.1. The highest BCUT2D eigenvalue weighted by atomic mass is 32.2. The van der Waals surface area contributed by atoms with Gasteiger partial charge in [0, 0.05) is 0 Å². The molecule has 2 fully saturated rings. The maximum atomic E-state index is 10.5. The van der Waals surface area contributed by atoms with Crippen molar-refractivity contribution in [1.82, 2.24) is 0 Å². The van der Waals surface area contributed by atoms with Gasteiger partial charge in [0.15, 0.2) is 31.0 Å². The summed E-state index contributed by atoms with van der Waals surface area (Å²) in [4.78, 5) is 10.5. The van der Waals surface area contributed by atoms with Gasteiger partial charge in [-0.1, -0.05) is 25.8 Å². The fraction of sp³-hybridized carbons (Fsp3) is 0.952. The van der Waals surface area contributed by atoms with Crippen molar-refractivity contribution in [2.75, 3.05) is 13.2 Å². The molecule has 0 aromatic heterocycles. The van der Waals surface area contributed by atoms with Gasteiger partial charge in [0.05, 0.1) is 25.2 Å². The minimum absolute atomic E-state index is 0.0484. The Morgan fingerprint density at radius 2 is 1.44 bits per heavy atom. The highest BCUT2D eigenvalue weighted by Gasteiger charge is 2.50. The molecule has 0 aromatic carbocycles. The second kappa shape index (κ2) is 17.9. The van der Waals surface area contributed by atoms with Crippen molar-refractivity contribution in [1.29, 1.82) is 0 Å². The van der Waals surface area contributed by atoms with Gasteiger partial charge in [0.25, 0.3) is 0 Å². The van der Waals surface area contributed by atoms with Crippen molar-refractivity contribution in [3.8, 4) is 0 Å². The quantitative estimate of drug-likeness (QED) is 0.0442. The largest absolute Gasteiger partial charge is 0.481 e. The van der Waals surface area contributed by atoms with Crippen LogP contribution in [0.1, 0.15) is 33.6 Å². The minimum atomic E-state index is -1.77. The van der Waals surface area contributed by atoms with Gasteiger partial charge in [-0.05, 0) is 18.8 Å². The maximum Gasteiger partial charge on any atom is 0.306 e. The van der Waals surface area contributed by atoms with Crippen molar-refractivity contribution >= 4 is 18.3 Å². The van der Waals surface area contributed by atoms with Gasteiger partial charge in [0.2, 0.25) is 0 Å². The summed E-state index contributed by atoms with van der Waals surface area (Å²) in [6.45, 7) is 4.04. The van der Waals surface area contributed by atoms with E-state index in [1.807, 2.05) is 13.8 Å². The fourth-order valence-corrected chi connectivity index (χ4v) is 4.22. The molecule has 0 radical (unpaired) electrons. The summed E-state index contributed by atoms with van der Waals surface area (Å²) in [5, 5.41) is 97.4. The number of hydrogen-bond acceptors (Lipinski definition) is 17. The van der Waals surface area contributed by atoms with Crippen LogP contribution in [0.25, 0.3) is 0 Å². The summed E-state index contributed by atoms with van der Waals surface area (Å²) in [5.74, 6) is -1.08. The van der Waals surface area contributed by atoms with E-state index in [1.165, 1.54) is 0 Å². The van der Waals surface area contributed by atoms with Crippen LogP contribution in [0.2, 0.25) is 0 Å². The molecule has 232 valence electrons. The van der Waals surface area contributed by atoms with E-state index in [0.29, 0.717) is 12.8 Å². The molecule has 2 heterocycles. The summed E-state index contributed by atoms with van der Waals surface area (Å²) < 4.78 is 24.7. The molecule has 0 spiro atoms. The molecular weight excluding hydrogens is 556 g/mol. The summed E-state index contributed by atoms with van der Waals surface area (Å²) in [6.07, 6.45) is -14.8. The summed E-state index contributed by atoms with van der Waals surface area (Å²) in [6, 6.07) is 0. The number of ether oxygens (including phenoxy) is 3. The number of rotatable bonds is 13. The van der Waals surface area contributed by atoms with Crippen LogP contribution in [0, 0.1) is 11.8 Å². The Bertz CT molecular complexity index is 689. The molecule has 39 heavy (non-hydrogen) atoms. The molecule has 0 bridgehead atoms. The van der Waals surface area contributed by atoms with Crippen LogP contribution in [-0.4, -0.2) is 138 Å². The molecule has 18 heteroatoms. The van der Waals surface area contributed by atoms with Gasteiger partial charge >= 0.3 is 5.97 Å². The zero-order chi connectivity index (χ0) is 29.9. The first-order valence-corrected chi connectivity index (χ1v) is 12.8. The SMILES string of the molecule is CCC(O)C(C)CC(C)C(=O)O.OCC1OC(OC2OC(CO)C(O)C(O)C2OSOOO)C(O)C(O)C1O. The number of aliphatic hydroxyl groups is 8. The van der Waals surface area contributed by atoms with Crippen LogP contribution in [0.4, 0.5) is 0 Å². The second-order valence-electron chi connectivity index (χ2n) is 9.24. The van der Waals surface area contributed by atoms with E-state index in [-0.39, 0.29) is 30.3 Å². The zero-order valence-electron chi connectivity index (χ0n) is 21.6. The van der Waals surface area contributed by atoms with E-state index in [9.17, 15) is 45.6 Å². The smallest absolute Gasteiger partial charge is 0.306 e. The van der Waals surface area contributed by atoms with Gasteiger partial charge in [-0.2, -0.15) is 0 Å². The lowest BCUT2D eigenvalue weighted by Crippen LogP contribution is -2.64. The Morgan fingerprint density at radius 3 is 1.92 bits per heavy atom. The molecule has 0 amide bonds. The van der Waals surface area contributed by atoms with E-state index in [4.69, 9.17) is 28.8 Å². The molecule has 2 rings (SSSR count). The van der Waals surface area contributed by atoms with Crippen LogP contribution >= 0.6 is 12.3 Å². The molecule has 0 aliphatic carbocycles. The Balaban J connectivity index is 0.000000534. The van der Waals surface area contributed by atoms with E-state index < -0.39 is 80.6 Å². The van der Waals surface area contributed by atoms with Crippen LogP contribution in [0.5, 0.6) is 0 Å². The topological polar surface area (TPSA) is 275 Å². The van der Waals surface area contributed by atoms with Crippen molar-refractivity contribution < 1.29 is 83.8 Å². The number of hydrogen-bond donors (Lipinski definition) is 10. The summed E-state index contributed by atoms with van der Waals surface area (Å²) >= 11 is 0.0484. The lowest BCUT2D eigenvalue weighted by molar-refractivity contribution is -0.435. The molecular formula is C21H40O17S. The molecule has 2 saturated heterocycles. The second-order valence-corrected chi connectivity index (χ2v) is 9.70. The predicted molar refractivity (Wildman–Crippen MR) is 127 cm³/mol. The molecule has 0 aromatic rings. The van der Waals surface area contributed by atoms with Crippen molar-refractivity contribution in [3.05, 3.63) is 0 Å². The third kappa shape index (κ3) is 10.5. The molecule has 2 aliphatic heterocycles. The Labute approximate surface area is 228 Å². The van der Waals surface area contributed by atoms with Crippen molar-refractivity contribution in [2.45, 2.75) is 101 Å². The predicted octanol–water partition coefficient (Wildman–Crippen LogP) is -2.88. The number of aliphatic hydroxyl groups excluding tert-OH is 8. The monoisotopic (exact) mass is 596 g/mol. The van der Waals surface area contributed by atoms with Gasteiger partial charge in [-0.15, -0.1) is 4.33 Å². The van der Waals surface area contributed by atoms with E-state index in [2.05, 4.69) is 9.37 Å². The third-order valence-corrected chi connectivity index (χ3v) is 6.79. The zero-order valence-corrected chi connectivity index (χ0v) is 22.4. The maximum absolute atomic E-state index is 10.5. The first-order chi connectivity index (χ1) is 18.3. The Hall–Kier alpha value is -0.780. The minimum Gasteiger partial charge on any atom is -0.481 e. The standard InChI is InChI=1S/C12H22O14S.C9H18O3/c13-1-3-5(15)7(17)9(19)11(21-3)23-12-10(24-27-26-25-20)8(18)6(16)4(2-14)22-12;1-4-8(10)6(2)5-7(3)9(11)12/h3-20H,1-2H2;6-8,10H,4-5H2,1-3H3,(H,11,12). The number of carboxylic acid groups (broad SMARTS) is 1. The highest BCUT2D eigenvalue weighted by Crippen LogP contribution is 2.31. The number of carboxylic acids is 1. The molecule has 10 N–H and O–H groups in total. The van der Waals surface area contributed by atoms with E-state index in [1.54, 1.807) is 6.92 Å². The fourth-order valence-electron chi connectivity index (χ4n) is 3.87. The van der Waals surface area contributed by atoms with Crippen molar-refractivity contribution in [2.24, 2.45) is 11.8 Å². The van der Waals surface area contributed by atoms with E-state index >= 15 is 0 Å².